The first-order valence-corrected chi connectivity index (χ1v) is 12.3. The molecule has 1 fully saturated rings. The van der Waals surface area contributed by atoms with Crippen LogP contribution < -0.4 is 9.80 Å². The second-order valence-electron chi connectivity index (χ2n) is 7.63. The van der Waals surface area contributed by atoms with Crippen LogP contribution in [0.15, 0.2) is 47.8 Å². The maximum atomic E-state index is 10.2. The van der Waals surface area contributed by atoms with Crippen LogP contribution in [0.3, 0.4) is 0 Å². The van der Waals surface area contributed by atoms with Crippen molar-refractivity contribution in [2.45, 2.75) is 12.2 Å². The van der Waals surface area contributed by atoms with E-state index in [1.165, 1.54) is 21.6 Å². The van der Waals surface area contributed by atoms with Gasteiger partial charge in [-0.1, -0.05) is 18.2 Å². The minimum absolute atomic E-state index is 0.329. The number of benzene rings is 2. The summed E-state index contributed by atoms with van der Waals surface area (Å²) in [6.45, 7) is 3.31. The van der Waals surface area contributed by atoms with Crippen molar-refractivity contribution in [3.8, 4) is 22.3 Å². The van der Waals surface area contributed by atoms with Gasteiger partial charge >= 0.3 is 0 Å². The Morgan fingerprint density at radius 3 is 2.40 bits per heavy atom. The standard InChI is InChI=1S/C24H23N3OS2/c25-15-19-17-7-13-29-16-20(17)18(24-6-3-12-30-24)14-22(19)27-10-8-26(9-11-27)21-4-1-2-5-23(21)28/h1-6,12,14,28H,7-11,13,16H2. The molecule has 2 aromatic carbocycles. The predicted octanol–water partition coefficient (Wildman–Crippen LogP) is 5.11. The highest BCUT2D eigenvalue weighted by molar-refractivity contribution is 7.98. The molecule has 5 rings (SSSR count). The third-order valence-corrected chi connectivity index (χ3v) is 7.90. The van der Waals surface area contributed by atoms with Gasteiger partial charge in [-0.3, -0.25) is 0 Å². The molecule has 3 heterocycles. The summed E-state index contributed by atoms with van der Waals surface area (Å²) in [7, 11) is 0. The molecular weight excluding hydrogens is 410 g/mol. The van der Waals surface area contributed by atoms with Crippen LogP contribution in [0.5, 0.6) is 5.75 Å². The number of phenolic OH excluding ortho intramolecular Hbond substituents is 1. The lowest BCUT2D eigenvalue weighted by molar-refractivity contribution is 0.472. The number of phenols is 1. The molecule has 30 heavy (non-hydrogen) atoms. The first-order valence-electron chi connectivity index (χ1n) is 10.2. The van der Waals surface area contributed by atoms with Gasteiger partial charge in [0.15, 0.2) is 0 Å². The number of para-hydroxylation sites is 2. The molecule has 0 radical (unpaired) electrons. The summed E-state index contributed by atoms with van der Waals surface area (Å²) in [4.78, 5) is 5.87. The predicted molar refractivity (Wildman–Crippen MR) is 127 cm³/mol. The van der Waals surface area contributed by atoms with Crippen LogP contribution in [0.2, 0.25) is 0 Å². The maximum Gasteiger partial charge on any atom is 0.138 e. The summed E-state index contributed by atoms with van der Waals surface area (Å²) in [5.41, 5.74) is 6.72. The fourth-order valence-electron chi connectivity index (χ4n) is 4.50. The molecule has 152 valence electrons. The highest BCUT2D eigenvalue weighted by Gasteiger charge is 2.27. The number of nitriles is 1. The Kier molecular flexibility index (Phi) is 5.32. The number of fused-ring (bicyclic) bond motifs is 1. The van der Waals surface area contributed by atoms with Crippen LogP contribution in [-0.4, -0.2) is 37.0 Å². The molecule has 3 aromatic rings. The number of rotatable bonds is 3. The van der Waals surface area contributed by atoms with E-state index < -0.39 is 0 Å². The molecule has 2 aliphatic heterocycles. The van der Waals surface area contributed by atoms with Gasteiger partial charge in [0.05, 0.1) is 16.9 Å². The van der Waals surface area contributed by atoms with Crippen molar-refractivity contribution in [3.63, 3.8) is 0 Å². The molecule has 1 saturated heterocycles. The zero-order valence-corrected chi connectivity index (χ0v) is 18.3. The number of nitrogens with zero attached hydrogens (tertiary/aromatic N) is 3. The zero-order valence-electron chi connectivity index (χ0n) is 16.7. The highest BCUT2D eigenvalue weighted by atomic mass is 32.2. The first-order chi connectivity index (χ1) is 14.8. The molecule has 1 N–H and O–H groups in total. The van der Waals surface area contributed by atoms with Crippen molar-refractivity contribution < 1.29 is 5.11 Å². The Balaban J connectivity index is 1.50. The number of aromatic hydroxyl groups is 1. The van der Waals surface area contributed by atoms with Gasteiger partial charge in [-0.25, -0.2) is 0 Å². The molecule has 6 heteroatoms. The van der Waals surface area contributed by atoms with Gasteiger partial charge in [0.25, 0.3) is 0 Å². The van der Waals surface area contributed by atoms with Crippen LogP contribution in [0.4, 0.5) is 11.4 Å². The van der Waals surface area contributed by atoms with E-state index in [0.717, 1.165) is 61.0 Å². The Morgan fingerprint density at radius 2 is 1.70 bits per heavy atom. The minimum atomic E-state index is 0.329. The van der Waals surface area contributed by atoms with Crippen LogP contribution >= 0.6 is 23.1 Å². The van der Waals surface area contributed by atoms with Crippen LogP contribution in [0.25, 0.3) is 10.4 Å². The largest absolute Gasteiger partial charge is 0.506 e. The third kappa shape index (κ3) is 3.42. The summed E-state index contributed by atoms with van der Waals surface area (Å²) >= 11 is 3.73. The van der Waals surface area contributed by atoms with Gasteiger partial charge in [0, 0.05) is 36.8 Å². The monoisotopic (exact) mass is 433 g/mol. The molecule has 4 nitrogen and oxygen atoms in total. The van der Waals surface area contributed by atoms with Crippen molar-refractivity contribution in [2.75, 3.05) is 41.7 Å². The third-order valence-electron chi connectivity index (χ3n) is 6.01. The zero-order chi connectivity index (χ0) is 20.5. The minimum Gasteiger partial charge on any atom is -0.506 e. The maximum absolute atomic E-state index is 10.2. The quantitative estimate of drug-likeness (QED) is 0.622. The Bertz CT molecular complexity index is 1100. The number of anilines is 2. The topological polar surface area (TPSA) is 50.5 Å². The molecule has 1 aromatic heterocycles. The Labute approximate surface area is 185 Å². The van der Waals surface area contributed by atoms with Crippen LogP contribution in [-0.2, 0) is 12.2 Å². The second-order valence-corrected chi connectivity index (χ2v) is 9.68. The summed E-state index contributed by atoms with van der Waals surface area (Å²) < 4.78 is 0. The van der Waals surface area contributed by atoms with Crippen LogP contribution in [0.1, 0.15) is 16.7 Å². The molecule has 0 unspecified atom stereocenters. The Hall–Kier alpha value is -2.62. The highest BCUT2D eigenvalue weighted by Crippen LogP contribution is 2.42. The van der Waals surface area contributed by atoms with Gasteiger partial charge in [0.1, 0.15) is 11.8 Å². The molecule has 0 aliphatic carbocycles. The first kappa shape index (κ1) is 19.3. The Morgan fingerprint density at radius 1 is 0.933 bits per heavy atom. The fourth-order valence-corrected chi connectivity index (χ4v) is 6.30. The van der Waals surface area contributed by atoms with Gasteiger partial charge in [-0.05, 0) is 58.5 Å². The summed E-state index contributed by atoms with van der Waals surface area (Å²) in [5.74, 6) is 2.39. The van der Waals surface area contributed by atoms with E-state index in [1.807, 2.05) is 30.0 Å². The lowest BCUT2D eigenvalue weighted by Gasteiger charge is -2.38. The summed E-state index contributed by atoms with van der Waals surface area (Å²) in [6.07, 6.45) is 0.965. The van der Waals surface area contributed by atoms with Crippen molar-refractivity contribution in [3.05, 3.63) is 64.5 Å². The van der Waals surface area contributed by atoms with Crippen molar-refractivity contribution in [2.24, 2.45) is 0 Å². The lowest BCUT2D eigenvalue weighted by atomic mass is 9.92. The van der Waals surface area contributed by atoms with Crippen molar-refractivity contribution >= 4 is 34.5 Å². The van der Waals surface area contributed by atoms with E-state index in [0.29, 0.717) is 5.75 Å². The molecular formula is C24H23N3OS2. The van der Waals surface area contributed by atoms with E-state index in [4.69, 9.17) is 0 Å². The average molecular weight is 434 g/mol. The van der Waals surface area contributed by atoms with Gasteiger partial charge in [-0.15, -0.1) is 11.3 Å². The van der Waals surface area contributed by atoms with E-state index in [9.17, 15) is 10.4 Å². The van der Waals surface area contributed by atoms with Crippen LogP contribution in [0, 0.1) is 11.3 Å². The van der Waals surface area contributed by atoms with Crippen molar-refractivity contribution in [1.82, 2.24) is 0 Å². The molecule has 2 aliphatic rings. The second kappa shape index (κ2) is 8.25. The number of thiophene rings is 1. The number of hydrogen-bond donors (Lipinski definition) is 1. The SMILES string of the molecule is N#Cc1c(N2CCN(c3ccccc3O)CC2)cc(-c2cccs2)c2c1CCSC2. The lowest BCUT2D eigenvalue weighted by Crippen LogP contribution is -2.47. The average Bonchev–Trinajstić information content (AvgIpc) is 3.33. The van der Waals surface area contributed by atoms with Gasteiger partial charge in [0.2, 0.25) is 0 Å². The van der Waals surface area contributed by atoms with E-state index >= 15 is 0 Å². The molecule has 0 spiro atoms. The molecule has 0 amide bonds. The normalized spacial score (nSPS) is 16.2. The van der Waals surface area contributed by atoms with E-state index in [2.05, 4.69) is 39.4 Å². The van der Waals surface area contributed by atoms with Gasteiger partial charge < -0.3 is 14.9 Å². The van der Waals surface area contributed by atoms with Gasteiger partial charge in [-0.2, -0.15) is 17.0 Å². The molecule has 0 bridgehead atoms. The summed E-state index contributed by atoms with van der Waals surface area (Å²) in [5, 5.41) is 22.4. The number of thioether (sulfide) groups is 1. The summed E-state index contributed by atoms with van der Waals surface area (Å²) in [6, 6.07) is 16.6. The number of piperazine rings is 1. The number of hydrogen-bond acceptors (Lipinski definition) is 6. The van der Waals surface area contributed by atoms with E-state index in [1.54, 1.807) is 17.4 Å². The fraction of sp³-hybridized carbons (Fsp3) is 0.292. The molecule has 0 saturated carbocycles. The smallest absolute Gasteiger partial charge is 0.138 e. The molecule has 0 atom stereocenters. The van der Waals surface area contributed by atoms with E-state index in [-0.39, 0.29) is 0 Å². The van der Waals surface area contributed by atoms with Crippen molar-refractivity contribution in [1.29, 1.82) is 5.26 Å².